The Hall–Kier alpha value is -3.87. The number of carbonyl (C=O) groups excluding carboxylic acids is 1. The highest BCUT2D eigenvalue weighted by atomic mass is 16.5. The number of pyridine rings is 1. The van der Waals surface area contributed by atoms with Crippen molar-refractivity contribution in [1.29, 1.82) is 0 Å². The van der Waals surface area contributed by atoms with Crippen LogP contribution in [-0.4, -0.2) is 45.7 Å². The molecule has 0 atom stereocenters. The number of para-hydroxylation sites is 1. The minimum atomic E-state index is -0.0676. The molecule has 4 aromatic rings. The van der Waals surface area contributed by atoms with Crippen LogP contribution in [-0.2, 0) is 0 Å². The fourth-order valence-electron chi connectivity index (χ4n) is 4.15. The van der Waals surface area contributed by atoms with Crippen molar-refractivity contribution in [3.05, 3.63) is 59.8 Å². The van der Waals surface area contributed by atoms with E-state index in [1.165, 1.54) is 0 Å². The number of nitrogens with one attached hydrogen (secondary N) is 1. The van der Waals surface area contributed by atoms with Crippen molar-refractivity contribution in [2.24, 2.45) is 0 Å². The maximum atomic E-state index is 13.3. The molecule has 7 heteroatoms. The number of rotatable bonds is 6. The van der Waals surface area contributed by atoms with Gasteiger partial charge in [0.25, 0.3) is 5.91 Å². The number of anilines is 1. The lowest BCUT2D eigenvalue weighted by atomic mass is 9.97. The van der Waals surface area contributed by atoms with Gasteiger partial charge >= 0.3 is 0 Å². The molecule has 0 unspecified atom stereocenters. The molecule has 2 aromatic heterocycles. The van der Waals surface area contributed by atoms with E-state index in [0.29, 0.717) is 23.4 Å². The Labute approximate surface area is 193 Å². The van der Waals surface area contributed by atoms with Crippen LogP contribution in [0.3, 0.4) is 0 Å². The Bertz CT molecular complexity index is 1330. The zero-order valence-corrected chi connectivity index (χ0v) is 19.6. The summed E-state index contributed by atoms with van der Waals surface area (Å²) in [6.45, 7) is 8.52. The predicted molar refractivity (Wildman–Crippen MR) is 132 cm³/mol. The summed E-state index contributed by atoms with van der Waals surface area (Å²) >= 11 is 0. The van der Waals surface area contributed by atoms with E-state index in [-0.39, 0.29) is 11.9 Å². The van der Waals surface area contributed by atoms with Gasteiger partial charge in [-0.1, -0.05) is 12.1 Å². The fourth-order valence-corrected chi connectivity index (χ4v) is 4.15. The molecule has 4 rings (SSSR count). The second kappa shape index (κ2) is 8.94. The smallest absolute Gasteiger partial charge is 0.256 e. The highest BCUT2D eigenvalue weighted by Gasteiger charge is 2.22. The van der Waals surface area contributed by atoms with Crippen LogP contribution in [0.2, 0.25) is 0 Å². The first kappa shape index (κ1) is 22.3. The van der Waals surface area contributed by atoms with Crippen LogP contribution in [0.25, 0.3) is 33.4 Å². The molecule has 0 spiro atoms. The summed E-state index contributed by atoms with van der Waals surface area (Å²) in [6.07, 6.45) is 1.78. The number of methoxy groups -OCH3 is 1. The van der Waals surface area contributed by atoms with Gasteiger partial charge < -0.3 is 15.4 Å². The van der Waals surface area contributed by atoms with Gasteiger partial charge in [-0.3, -0.25) is 9.89 Å². The molecule has 0 aliphatic rings. The lowest BCUT2D eigenvalue weighted by Crippen LogP contribution is -2.37. The highest BCUT2D eigenvalue weighted by Crippen LogP contribution is 2.35. The summed E-state index contributed by atoms with van der Waals surface area (Å²) in [6, 6.07) is 13.7. The molecule has 2 heterocycles. The van der Waals surface area contributed by atoms with Crippen LogP contribution in [0, 0.1) is 6.92 Å². The number of H-pyrrole nitrogens is 1. The molecule has 0 radical (unpaired) electrons. The Morgan fingerprint density at radius 1 is 1.18 bits per heavy atom. The lowest BCUT2D eigenvalue weighted by Gasteiger charge is -2.26. The number of aryl methyl sites for hydroxylation is 1. The number of fused-ring (bicyclic) bond motifs is 1. The van der Waals surface area contributed by atoms with Gasteiger partial charge in [0.2, 0.25) is 0 Å². The van der Waals surface area contributed by atoms with Crippen molar-refractivity contribution in [1.82, 2.24) is 20.1 Å². The first-order valence-corrected chi connectivity index (χ1v) is 11.0. The van der Waals surface area contributed by atoms with Crippen molar-refractivity contribution < 1.29 is 9.53 Å². The molecule has 0 fully saturated rings. The van der Waals surface area contributed by atoms with Crippen LogP contribution in [0.1, 0.15) is 36.7 Å². The standard InChI is InChI=1S/C26H29N5O2/c1-6-31(15(2)3)26(32)20-12-17(11-16(4)23(20)27)18-13-21-24(29-30-25(21)28-14-18)19-9-7-8-10-22(19)33-5/h7-15H,6,27H2,1-5H3,(H,28,29,30). The second-order valence-electron chi connectivity index (χ2n) is 8.33. The van der Waals surface area contributed by atoms with Gasteiger partial charge in [0, 0.05) is 41.0 Å². The summed E-state index contributed by atoms with van der Waals surface area (Å²) < 4.78 is 5.53. The number of hydrogen-bond donors (Lipinski definition) is 2. The van der Waals surface area contributed by atoms with Crippen LogP contribution >= 0.6 is 0 Å². The van der Waals surface area contributed by atoms with E-state index in [0.717, 1.165) is 39.1 Å². The summed E-state index contributed by atoms with van der Waals surface area (Å²) in [4.78, 5) is 19.6. The molecule has 1 amide bonds. The minimum Gasteiger partial charge on any atom is -0.496 e. The monoisotopic (exact) mass is 443 g/mol. The lowest BCUT2D eigenvalue weighted by molar-refractivity contribution is 0.0718. The van der Waals surface area contributed by atoms with E-state index >= 15 is 0 Å². The number of ether oxygens (including phenoxy) is 1. The largest absolute Gasteiger partial charge is 0.496 e. The average Bonchev–Trinajstić information content (AvgIpc) is 3.23. The molecule has 2 aromatic carbocycles. The topological polar surface area (TPSA) is 97.1 Å². The van der Waals surface area contributed by atoms with Gasteiger partial charge in [0.15, 0.2) is 5.65 Å². The zero-order chi connectivity index (χ0) is 23.7. The second-order valence-corrected chi connectivity index (χ2v) is 8.33. The number of aromatic nitrogens is 3. The van der Waals surface area contributed by atoms with Gasteiger partial charge in [-0.15, -0.1) is 0 Å². The molecule has 33 heavy (non-hydrogen) atoms. The summed E-state index contributed by atoms with van der Waals surface area (Å²) in [5.41, 5.74) is 12.3. The van der Waals surface area contributed by atoms with E-state index in [1.54, 1.807) is 13.3 Å². The highest BCUT2D eigenvalue weighted by molar-refractivity contribution is 6.02. The normalized spacial score (nSPS) is 11.2. The number of nitrogen functional groups attached to an aromatic ring is 1. The van der Waals surface area contributed by atoms with E-state index in [2.05, 4.69) is 15.2 Å². The first-order valence-electron chi connectivity index (χ1n) is 11.0. The molecule has 0 aliphatic carbocycles. The van der Waals surface area contributed by atoms with Crippen molar-refractivity contribution >= 4 is 22.6 Å². The SMILES string of the molecule is CCN(C(=O)c1cc(-c2cnc3[nH]nc(-c4ccccc4OC)c3c2)cc(C)c1N)C(C)C. The van der Waals surface area contributed by atoms with Crippen LogP contribution in [0.5, 0.6) is 5.75 Å². The molecule has 170 valence electrons. The van der Waals surface area contributed by atoms with E-state index in [4.69, 9.17) is 10.5 Å². The van der Waals surface area contributed by atoms with Gasteiger partial charge in [0.05, 0.1) is 12.7 Å². The number of hydrogen-bond acceptors (Lipinski definition) is 5. The molecular formula is C26H29N5O2. The van der Waals surface area contributed by atoms with Gasteiger partial charge in [-0.05, 0) is 69.2 Å². The van der Waals surface area contributed by atoms with Crippen molar-refractivity contribution in [2.45, 2.75) is 33.7 Å². The third-order valence-corrected chi connectivity index (χ3v) is 5.95. The maximum absolute atomic E-state index is 13.3. The fraction of sp³-hybridized carbons (Fsp3) is 0.269. The van der Waals surface area contributed by atoms with Crippen molar-refractivity contribution in [3.8, 4) is 28.1 Å². The van der Waals surface area contributed by atoms with Crippen LogP contribution < -0.4 is 10.5 Å². The van der Waals surface area contributed by atoms with Gasteiger partial charge in [-0.25, -0.2) is 4.98 Å². The average molecular weight is 444 g/mol. The van der Waals surface area contributed by atoms with Gasteiger partial charge in [0.1, 0.15) is 11.4 Å². The summed E-state index contributed by atoms with van der Waals surface area (Å²) in [7, 11) is 1.64. The molecule has 0 saturated carbocycles. The molecule has 0 saturated heterocycles. The minimum absolute atomic E-state index is 0.0676. The number of amides is 1. The third-order valence-electron chi connectivity index (χ3n) is 5.95. The Morgan fingerprint density at radius 2 is 1.94 bits per heavy atom. The number of aromatic amines is 1. The van der Waals surface area contributed by atoms with Crippen molar-refractivity contribution in [3.63, 3.8) is 0 Å². The Kier molecular flexibility index (Phi) is 6.05. The van der Waals surface area contributed by atoms with E-state index in [9.17, 15) is 4.79 Å². The molecule has 0 aliphatic heterocycles. The van der Waals surface area contributed by atoms with Crippen LogP contribution in [0.4, 0.5) is 5.69 Å². The zero-order valence-electron chi connectivity index (χ0n) is 19.6. The van der Waals surface area contributed by atoms with Crippen LogP contribution in [0.15, 0.2) is 48.7 Å². The van der Waals surface area contributed by atoms with E-state index < -0.39 is 0 Å². The first-order chi connectivity index (χ1) is 15.8. The third kappa shape index (κ3) is 4.02. The van der Waals surface area contributed by atoms with E-state index in [1.807, 2.05) is 75.1 Å². The molecule has 7 nitrogen and oxygen atoms in total. The molecule has 0 bridgehead atoms. The predicted octanol–water partition coefficient (Wildman–Crippen LogP) is 5.06. The number of benzene rings is 2. The van der Waals surface area contributed by atoms with Gasteiger partial charge in [-0.2, -0.15) is 5.10 Å². The Morgan fingerprint density at radius 3 is 2.64 bits per heavy atom. The number of carbonyl (C=O) groups is 1. The molecule has 3 N–H and O–H groups in total. The number of nitrogens with zero attached hydrogens (tertiary/aromatic N) is 3. The maximum Gasteiger partial charge on any atom is 0.256 e. The van der Waals surface area contributed by atoms with Crippen molar-refractivity contribution in [2.75, 3.05) is 19.4 Å². The Balaban J connectivity index is 1.85. The quantitative estimate of drug-likeness (QED) is 0.406. The summed E-state index contributed by atoms with van der Waals surface area (Å²) in [5.74, 6) is 0.669. The summed E-state index contributed by atoms with van der Waals surface area (Å²) in [5, 5.41) is 8.37. The molecular weight excluding hydrogens is 414 g/mol. The number of nitrogens with two attached hydrogens (primary N) is 1.